The van der Waals surface area contributed by atoms with Crippen molar-refractivity contribution in [3.63, 3.8) is 0 Å². The predicted octanol–water partition coefficient (Wildman–Crippen LogP) is 1.40. The third-order valence-corrected chi connectivity index (χ3v) is 3.31. The number of benzene rings is 1. The molecule has 102 valence electrons. The molecule has 0 atom stereocenters. The topological polar surface area (TPSA) is 76.5 Å². The third kappa shape index (κ3) is 2.25. The molecule has 1 aliphatic rings. The summed E-state index contributed by atoms with van der Waals surface area (Å²) in [6.07, 6.45) is 1.73. The van der Waals surface area contributed by atoms with Crippen LogP contribution in [0.4, 0.5) is 5.82 Å². The molecule has 0 spiro atoms. The first-order valence-electron chi connectivity index (χ1n) is 6.05. The van der Waals surface area contributed by atoms with Gasteiger partial charge < -0.3 is 10.6 Å². The van der Waals surface area contributed by atoms with E-state index < -0.39 is 5.91 Å². The molecule has 2 aromatic rings. The Balaban J connectivity index is 1.98. The number of fused-ring (bicyclic) bond motifs is 1. The molecule has 0 unspecified atom stereocenters. The number of amides is 1. The lowest BCUT2D eigenvalue weighted by atomic mass is 10.2. The fourth-order valence-electron chi connectivity index (χ4n) is 2.10. The monoisotopic (exact) mass is 289 g/mol. The van der Waals surface area contributed by atoms with Gasteiger partial charge in [-0.25, -0.2) is 4.68 Å². The van der Waals surface area contributed by atoms with Gasteiger partial charge >= 0.3 is 0 Å². The highest BCUT2D eigenvalue weighted by Crippen LogP contribution is 2.29. The van der Waals surface area contributed by atoms with E-state index >= 15 is 0 Å². The second-order valence-electron chi connectivity index (χ2n) is 4.44. The van der Waals surface area contributed by atoms with Gasteiger partial charge in [-0.05, 0) is 23.7 Å². The van der Waals surface area contributed by atoms with Crippen molar-refractivity contribution in [1.82, 2.24) is 14.7 Å². The maximum absolute atomic E-state index is 11.0. The lowest BCUT2D eigenvalue weighted by Gasteiger charge is -2.24. The van der Waals surface area contributed by atoms with E-state index in [-0.39, 0.29) is 11.8 Å². The van der Waals surface area contributed by atoms with E-state index in [2.05, 4.69) is 10.1 Å². The number of nitrogens with two attached hydrogens (primary N) is 1. The Hall–Kier alpha value is -2.34. The quantitative estimate of drug-likeness (QED) is 0.868. The largest absolute Gasteiger partial charge is 0.368 e. The Labute approximate surface area is 120 Å². The minimum Gasteiger partial charge on any atom is -0.368 e. The number of nitrogens with zero attached hydrogens (tertiary/aromatic N) is 4. The van der Waals surface area contributed by atoms with Crippen LogP contribution in [0.15, 0.2) is 41.5 Å². The highest BCUT2D eigenvalue weighted by Gasteiger charge is 2.23. The summed E-state index contributed by atoms with van der Waals surface area (Å²) in [5, 5.41) is 4.57. The Kier molecular flexibility index (Phi) is 3.15. The highest BCUT2D eigenvalue weighted by atomic mass is 35.5. The predicted molar refractivity (Wildman–Crippen MR) is 76.1 cm³/mol. The number of amidine groups is 1. The molecule has 7 heteroatoms. The normalized spacial score (nSPS) is 13.8. The molecule has 0 aliphatic carbocycles. The van der Waals surface area contributed by atoms with Gasteiger partial charge in [0.2, 0.25) is 11.2 Å². The summed E-state index contributed by atoms with van der Waals surface area (Å²) in [7, 11) is 0. The maximum Gasteiger partial charge on any atom is 0.237 e. The first-order chi connectivity index (χ1) is 9.65. The van der Waals surface area contributed by atoms with Crippen LogP contribution in [-0.4, -0.2) is 32.4 Å². The number of rotatable bonds is 3. The molecule has 6 nitrogen and oxygen atoms in total. The molecule has 20 heavy (non-hydrogen) atoms. The van der Waals surface area contributed by atoms with Crippen LogP contribution in [0.3, 0.4) is 0 Å². The van der Waals surface area contributed by atoms with Gasteiger partial charge in [0.15, 0.2) is 5.82 Å². The number of hydrogen-bond acceptors (Lipinski definition) is 4. The van der Waals surface area contributed by atoms with Crippen molar-refractivity contribution in [3.05, 3.63) is 42.1 Å². The lowest BCUT2D eigenvalue weighted by Crippen LogP contribution is -2.37. The molecule has 0 radical (unpaired) electrons. The number of carbonyl (C=O) groups excluding carboxylic acids is 1. The van der Waals surface area contributed by atoms with Gasteiger partial charge in [-0.2, -0.15) is 10.1 Å². The van der Waals surface area contributed by atoms with Crippen LogP contribution < -0.4 is 5.73 Å². The van der Waals surface area contributed by atoms with Crippen LogP contribution >= 0.6 is 11.6 Å². The molecule has 1 amide bonds. The fourth-order valence-corrected chi connectivity index (χ4v) is 2.30. The van der Waals surface area contributed by atoms with E-state index in [1.165, 1.54) is 0 Å². The average Bonchev–Trinajstić information content (AvgIpc) is 2.82. The van der Waals surface area contributed by atoms with Gasteiger partial charge in [-0.15, -0.1) is 0 Å². The van der Waals surface area contributed by atoms with Crippen LogP contribution in [0.1, 0.15) is 5.56 Å². The fraction of sp³-hybridized carbons (Fsp3) is 0.154. The Bertz CT molecular complexity index is 679. The van der Waals surface area contributed by atoms with Crippen molar-refractivity contribution in [2.75, 3.05) is 6.54 Å². The highest BCUT2D eigenvalue weighted by molar-refractivity contribution is 6.65. The number of hydrogen-bond donors (Lipinski definition) is 1. The Morgan fingerprint density at radius 3 is 2.80 bits per heavy atom. The third-order valence-electron chi connectivity index (χ3n) is 2.98. The van der Waals surface area contributed by atoms with Crippen molar-refractivity contribution >= 4 is 28.6 Å². The van der Waals surface area contributed by atoms with Gasteiger partial charge in [-0.1, -0.05) is 18.2 Å². The molecular weight excluding hydrogens is 278 g/mol. The van der Waals surface area contributed by atoms with Gasteiger partial charge in [-0.3, -0.25) is 4.79 Å². The SMILES string of the molecule is NC(=O)CN1Cc2cnn(-c3ccccc3)c2N=C1Cl. The van der Waals surface area contributed by atoms with Gasteiger partial charge in [0.25, 0.3) is 0 Å². The molecule has 1 aromatic heterocycles. The molecular formula is C13H12ClN5O. The van der Waals surface area contributed by atoms with Crippen molar-refractivity contribution in [2.24, 2.45) is 10.7 Å². The number of halogens is 1. The zero-order chi connectivity index (χ0) is 14.1. The van der Waals surface area contributed by atoms with Crippen molar-refractivity contribution in [3.8, 4) is 5.69 Å². The van der Waals surface area contributed by atoms with Crippen molar-refractivity contribution < 1.29 is 4.79 Å². The summed E-state index contributed by atoms with van der Waals surface area (Å²) in [4.78, 5) is 16.9. The molecule has 0 fully saturated rings. The number of aromatic nitrogens is 2. The zero-order valence-electron chi connectivity index (χ0n) is 10.5. The summed E-state index contributed by atoms with van der Waals surface area (Å²) in [6.45, 7) is 0.506. The number of primary amides is 1. The zero-order valence-corrected chi connectivity index (χ0v) is 11.3. The molecule has 1 aliphatic heterocycles. The van der Waals surface area contributed by atoms with E-state index in [1.54, 1.807) is 15.8 Å². The lowest BCUT2D eigenvalue weighted by molar-refractivity contribution is -0.118. The summed E-state index contributed by atoms with van der Waals surface area (Å²) >= 11 is 6.10. The Morgan fingerprint density at radius 2 is 2.10 bits per heavy atom. The van der Waals surface area contributed by atoms with E-state index in [0.717, 1.165) is 11.3 Å². The molecule has 2 N–H and O–H groups in total. The van der Waals surface area contributed by atoms with Gasteiger partial charge in [0.1, 0.15) is 0 Å². The summed E-state index contributed by atoms with van der Waals surface area (Å²) < 4.78 is 1.72. The van der Waals surface area contributed by atoms with Crippen molar-refractivity contribution in [1.29, 1.82) is 0 Å². The van der Waals surface area contributed by atoms with Gasteiger partial charge in [0, 0.05) is 5.56 Å². The van der Waals surface area contributed by atoms with Crippen LogP contribution in [-0.2, 0) is 11.3 Å². The Morgan fingerprint density at radius 1 is 1.35 bits per heavy atom. The first-order valence-corrected chi connectivity index (χ1v) is 6.42. The van der Waals surface area contributed by atoms with Crippen LogP contribution in [0, 0.1) is 0 Å². The summed E-state index contributed by atoms with van der Waals surface area (Å²) in [6, 6.07) is 9.66. The number of aliphatic imine (C=N–C) groups is 1. The number of carbonyl (C=O) groups is 1. The van der Waals surface area contributed by atoms with E-state index in [0.29, 0.717) is 12.4 Å². The molecule has 2 heterocycles. The minimum atomic E-state index is -0.447. The maximum atomic E-state index is 11.0. The molecule has 0 saturated heterocycles. The standard InChI is InChI=1S/C13H12ClN5O/c14-13-17-12-9(7-18(13)8-11(15)20)6-16-19(12)10-4-2-1-3-5-10/h1-6H,7-8H2,(H2,15,20). The average molecular weight is 290 g/mol. The summed E-state index contributed by atoms with van der Waals surface area (Å²) in [5.74, 6) is 0.235. The molecule has 0 saturated carbocycles. The van der Waals surface area contributed by atoms with E-state index in [1.807, 2.05) is 30.3 Å². The van der Waals surface area contributed by atoms with Gasteiger partial charge in [0.05, 0.1) is 25.0 Å². The van der Waals surface area contributed by atoms with Crippen molar-refractivity contribution in [2.45, 2.75) is 6.54 Å². The molecule has 0 bridgehead atoms. The van der Waals surface area contributed by atoms with Crippen LogP contribution in [0.25, 0.3) is 5.69 Å². The van der Waals surface area contributed by atoms with Crippen LogP contribution in [0.2, 0.25) is 0 Å². The second kappa shape index (κ2) is 4.97. The molecule has 3 rings (SSSR count). The molecule has 1 aromatic carbocycles. The minimum absolute atomic E-state index is 0.0400. The van der Waals surface area contributed by atoms with Crippen LogP contribution in [0.5, 0.6) is 0 Å². The second-order valence-corrected chi connectivity index (χ2v) is 4.78. The summed E-state index contributed by atoms with van der Waals surface area (Å²) in [5.41, 5.74) is 7.00. The number of para-hydroxylation sites is 1. The smallest absolute Gasteiger partial charge is 0.237 e. The van der Waals surface area contributed by atoms with E-state index in [9.17, 15) is 4.79 Å². The van der Waals surface area contributed by atoms with E-state index in [4.69, 9.17) is 17.3 Å². The first kappa shape index (κ1) is 12.7.